The van der Waals surface area contributed by atoms with Crippen LogP contribution in [0.1, 0.15) is 341 Å². The minimum atomic E-state index is -0.841. The summed E-state index contributed by atoms with van der Waals surface area (Å²) in [5, 5.41) is 23.2. The topological polar surface area (TPSA) is 69.6 Å². The number of hydrogen-bond acceptors (Lipinski definition) is 3. The van der Waals surface area contributed by atoms with E-state index in [-0.39, 0.29) is 12.5 Å². The number of carbonyl (C=O) groups is 1. The quantitative estimate of drug-likeness (QED) is 0.0420. The molecule has 0 aliphatic carbocycles. The summed E-state index contributed by atoms with van der Waals surface area (Å²) < 4.78 is 0. The fourth-order valence-electron chi connectivity index (χ4n) is 9.78. The molecule has 0 aromatic carbocycles. The molecule has 2 atom stereocenters. The Hall–Kier alpha value is -1.65. The van der Waals surface area contributed by atoms with Crippen molar-refractivity contribution in [2.75, 3.05) is 6.61 Å². The molecule has 0 spiro atoms. The maximum atomic E-state index is 12.5. The lowest BCUT2D eigenvalue weighted by Crippen LogP contribution is -2.45. The second kappa shape index (κ2) is 60.7. The number of unbranched alkanes of at least 4 members (excludes halogenated alkanes) is 45. The Bertz CT molecular complexity index is 1090. The van der Waals surface area contributed by atoms with Gasteiger partial charge in [0.25, 0.3) is 0 Å². The van der Waals surface area contributed by atoms with Gasteiger partial charge in [-0.15, -0.1) is 0 Å². The van der Waals surface area contributed by atoms with Crippen molar-refractivity contribution >= 4 is 5.91 Å². The highest BCUT2D eigenvalue weighted by molar-refractivity contribution is 5.76. The number of aliphatic hydroxyl groups is 2. The highest BCUT2D eigenvalue weighted by Gasteiger charge is 2.18. The molecule has 0 bridgehead atoms. The lowest BCUT2D eigenvalue weighted by molar-refractivity contribution is -0.123. The SMILES string of the molecule is CCCCCCC/C=C\C/C=C\C/C=C\CCCCCCCCCCCCCCCCCCC(=O)NC(CO)C(O)/C=C/CCCCCCCCCCCCCCCCCCCCCCCCCC. The van der Waals surface area contributed by atoms with Gasteiger partial charge in [0.1, 0.15) is 0 Å². The van der Waals surface area contributed by atoms with Crippen LogP contribution >= 0.6 is 0 Å². The second-order valence-electron chi connectivity index (χ2n) is 21.5. The molecule has 4 heteroatoms. The minimum absolute atomic E-state index is 0.0594. The molecule has 0 aliphatic rings. The number of nitrogens with one attached hydrogen (secondary N) is 1. The van der Waals surface area contributed by atoms with E-state index in [1.807, 2.05) is 6.08 Å². The zero-order chi connectivity index (χ0) is 49.9. The first-order valence-electron chi connectivity index (χ1n) is 31.4. The van der Waals surface area contributed by atoms with Crippen molar-refractivity contribution in [3.63, 3.8) is 0 Å². The van der Waals surface area contributed by atoms with Gasteiger partial charge in [0.2, 0.25) is 5.91 Å². The van der Waals surface area contributed by atoms with Gasteiger partial charge in [0, 0.05) is 6.42 Å². The molecule has 0 rings (SSSR count). The van der Waals surface area contributed by atoms with Crippen LogP contribution in [-0.4, -0.2) is 34.9 Å². The van der Waals surface area contributed by atoms with E-state index >= 15 is 0 Å². The van der Waals surface area contributed by atoms with Gasteiger partial charge in [-0.25, -0.2) is 0 Å². The Balaban J connectivity index is 3.46. The minimum Gasteiger partial charge on any atom is -0.394 e. The summed E-state index contributed by atoms with van der Waals surface area (Å²) in [6.07, 6.45) is 84.4. The van der Waals surface area contributed by atoms with E-state index in [4.69, 9.17) is 0 Å². The molecule has 3 N–H and O–H groups in total. The Labute approximate surface area is 433 Å². The Morgan fingerprint density at radius 3 is 0.884 bits per heavy atom. The van der Waals surface area contributed by atoms with E-state index in [0.29, 0.717) is 6.42 Å². The first kappa shape index (κ1) is 67.3. The average molecular weight is 967 g/mol. The summed E-state index contributed by atoms with van der Waals surface area (Å²) >= 11 is 0. The monoisotopic (exact) mass is 966 g/mol. The Morgan fingerprint density at radius 1 is 0.348 bits per heavy atom. The third kappa shape index (κ3) is 57.1. The molecule has 0 saturated heterocycles. The Morgan fingerprint density at radius 2 is 0.594 bits per heavy atom. The lowest BCUT2D eigenvalue weighted by atomic mass is 10.0. The largest absolute Gasteiger partial charge is 0.394 e. The predicted molar refractivity (Wildman–Crippen MR) is 308 cm³/mol. The fraction of sp³-hybridized carbons (Fsp3) is 0.862. The standard InChI is InChI=1S/C65H123NO3/c1-3-5-7-9-11-13-15-17-19-21-23-25-27-29-31-32-33-34-35-37-39-41-43-45-47-49-51-53-55-57-59-61-65(69)66-63(62-67)64(68)60-58-56-54-52-50-48-46-44-42-40-38-36-30-28-26-24-22-20-18-16-14-12-10-8-6-4-2/h15,17,21,23,27,29,58,60,63-64,67-68H,3-14,16,18-20,22,24-26,28,30-57,59,61-62H2,1-2H3,(H,66,69)/b17-15-,23-21-,29-27-,60-58+. The lowest BCUT2D eigenvalue weighted by Gasteiger charge is -2.20. The number of allylic oxidation sites excluding steroid dienone is 7. The second-order valence-corrected chi connectivity index (χ2v) is 21.5. The number of aliphatic hydroxyl groups excluding tert-OH is 2. The maximum Gasteiger partial charge on any atom is 0.220 e. The number of hydrogen-bond donors (Lipinski definition) is 3. The van der Waals surface area contributed by atoms with Crippen LogP contribution in [-0.2, 0) is 4.79 Å². The van der Waals surface area contributed by atoms with Crippen LogP contribution < -0.4 is 5.32 Å². The molecule has 0 radical (unpaired) electrons. The molecule has 406 valence electrons. The smallest absolute Gasteiger partial charge is 0.220 e. The summed E-state index contributed by atoms with van der Waals surface area (Å²) in [5.74, 6) is -0.0594. The third-order valence-electron chi connectivity index (χ3n) is 14.6. The van der Waals surface area contributed by atoms with Crippen molar-refractivity contribution < 1.29 is 15.0 Å². The summed E-state index contributed by atoms with van der Waals surface area (Å²) in [6.45, 7) is 4.33. The van der Waals surface area contributed by atoms with E-state index in [0.717, 1.165) is 38.5 Å². The fourth-order valence-corrected chi connectivity index (χ4v) is 9.78. The third-order valence-corrected chi connectivity index (χ3v) is 14.6. The Kier molecular flexibility index (Phi) is 59.2. The summed E-state index contributed by atoms with van der Waals surface area (Å²) in [7, 11) is 0. The molecule has 2 unspecified atom stereocenters. The molecular formula is C65H123NO3. The summed E-state index contributed by atoms with van der Waals surface area (Å²) in [5.41, 5.74) is 0. The maximum absolute atomic E-state index is 12.5. The highest BCUT2D eigenvalue weighted by Crippen LogP contribution is 2.18. The van der Waals surface area contributed by atoms with Crippen LogP contribution in [0.3, 0.4) is 0 Å². The van der Waals surface area contributed by atoms with Crippen LogP contribution in [0.4, 0.5) is 0 Å². The van der Waals surface area contributed by atoms with E-state index in [1.165, 1.54) is 283 Å². The van der Waals surface area contributed by atoms with Crippen molar-refractivity contribution in [1.82, 2.24) is 5.32 Å². The van der Waals surface area contributed by atoms with E-state index in [2.05, 4.69) is 55.6 Å². The van der Waals surface area contributed by atoms with E-state index < -0.39 is 12.1 Å². The van der Waals surface area contributed by atoms with Gasteiger partial charge in [0.05, 0.1) is 18.8 Å². The van der Waals surface area contributed by atoms with Crippen molar-refractivity contribution in [3.05, 3.63) is 48.6 Å². The summed E-state index contributed by atoms with van der Waals surface area (Å²) in [6, 6.07) is -0.624. The van der Waals surface area contributed by atoms with Crippen LogP contribution in [0.25, 0.3) is 0 Å². The van der Waals surface area contributed by atoms with Crippen LogP contribution in [0.15, 0.2) is 48.6 Å². The molecule has 0 aromatic heterocycles. The normalized spacial score (nSPS) is 13.0. The molecule has 0 fully saturated rings. The van der Waals surface area contributed by atoms with Crippen molar-refractivity contribution in [3.8, 4) is 0 Å². The zero-order valence-electron chi connectivity index (χ0n) is 46.8. The number of amides is 1. The first-order chi connectivity index (χ1) is 34.2. The average Bonchev–Trinajstić information content (AvgIpc) is 3.35. The van der Waals surface area contributed by atoms with Crippen molar-refractivity contribution in [2.45, 2.75) is 353 Å². The first-order valence-corrected chi connectivity index (χ1v) is 31.4. The molecule has 1 amide bonds. The van der Waals surface area contributed by atoms with Crippen molar-refractivity contribution in [2.24, 2.45) is 0 Å². The van der Waals surface area contributed by atoms with Gasteiger partial charge < -0.3 is 15.5 Å². The van der Waals surface area contributed by atoms with Gasteiger partial charge in [-0.05, 0) is 57.8 Å². The molecule has 0 aliphatic heterocycles. The molecular weight excluding hydrogens is 843 g/mol. The van der Waals surface area contributed by atoms with Crippen LogP contribution in [0.2, 0.25) is 0 Å². The van der Waals surface area contributed by atoms with Gasteiger partial charge in [-0.3, -0.25) is 4.79 Å². The summed E-state index contributed by atoms with van der Waals surface area (Å²) in [4.78, 5) is 12.5. The molecule has 0 aromatic rings. The van der Waals surface area contributed by atoms with Gasteiger partial charge in [-0.2, -0.15) is 0 Å². The highest BCUT2D eigenvalue weighted by atomic mass is 16.3. The van der Waals surface area contributed by atoms with Gasteiger partial charge in [-0.1, -0.05) is 326 Å². The number of carbonyl (C=O) groups excluding carboxylic acids is 1. The molecule has 0 saturated carbocycles. The zero-order valence-corrected chi connectivity index (χ0v) is 46.8. The van der Waals surface area contributed by atoms with Crippen LogP contribution in [0, 0.1) is 0 Å². The predicted octanol–water partition coefficient (Wildman–Crippen LogP) is 21.0. The van der Waals surface area contributed by atoms with Crippen molar-refractivity contribution in [1.29, 1.82) is 0 Å². The molecule has 4 nitrogen and oxygen atoms in total. The van der Waals surface area contributed by atoms with Gasteiger partial charge >= 0.3 is 0 Å². The van der Waals surface area contributed by atoms with E-state index in [1.54, 1.807) is 6.08 Å². The number of rotatable bonds is 58. The van der Waals surface area contributed by atoms with E-state index in [9.17, 15) is 15.0 Å². The molecule has 0 heterocycles. The van der Waals surface area contributed by atoms with Gasteiger partial charge in [0.15, 0.2) is 0 Å². The molecule has 69 heavy (non-hydrogen) atoms. The van der Waals surface area contributed by atoms with Crippen LogP contribution in [0.5, 0.6) is 0 Å².